The minimum absolute atomic E-state index is 0.0903. The molecule has 1 amide bonds. The van der Waals surface area contributed by atoms with E-state index in [0.717, 1.165) is 6.07 Å². The minimum atomic E-state index is -0.718. The third kappa shape index (κ3) is 3.44. The van der Waals surface area contributed by atoms with Gasteiger partial charge in [0.25, 0.3) is 5.91 Å². The molecule has 1 aromatic carbocycles. The molecule has 0 aliphatic rings. The van der Waals surface area contributed by atoms with E-state index in [1.807, 2.05) is 6.79 Å². The van der Waals surface area contributed by atoms with Crippen LogP contribution in [0, 0.1) is 5.82 Å². The second kappa shape index (κ2) is 5.84. The molecule has 0 atom stereocenters. The maximum atomic E-state index is 12.4. The lowest BCUT2D eigenvalue weighted by Crippen LogP contribution is -2.18. The van der Waals surface area contributed by atoms with Gasteiger partial charge in [-0.05, 0) is 18.2 Å². The summed E-state index contributed by atoms with van der Waals surface area (Å²) < 4.78 is 12.4. The molecule has 0 saturated carbocycles. The van der Waals surface area contributed by atoms with Crippen molar-refractivity contribution in [3.05, 3.63) is 35.6 Å². The number of rotatable bonds is 1. The molecule has 0 radical (unpaired) electrons. The SMILES string of the molecule is C=O.O=C(NO)c1cccc(F)c1. The third-order valence-corrected chi connectivity index (χ3v) is 1.19. The van der Waals surface area contributed by atoms with Crippen molar-refractivity contribution in [2.24, 2.45) is 0 Å². The number of hydrogen-bond acceptors (Lipinski definition) is 3. The van der Waals surface area contributed by atoms with Crippen molar-refractivity contribution in [1.82, 2.24) is 5.48 Å². The summed E-state index contributed by atoms with van der Waals surface area (Å²) >= 11 is 0. The smallest absolute Gasteiger partial charge is 0.274 e. The molecule has 0 aliphatic carbocycles. The molecule has 2 N–H and O–H groups in total. The third-order valence-electron chi connectivity index (χ3n) is 1.19. The Kier molecular flexibility index (Phi) is 5.06. The van der Waals surface area contributed by atoms with Crippen LogP contribution in [0.1, 0.15) is 10.4 Å². The summed E-state index contributed by atoms with van der Waals surface area (Å²) in [6.45, 7) is 2.00. The fourth-order valence-corrected chi connectivity index (χ4v) is 0.694. The van der Waals surface area contributed by atoms with Crippen molar-refractivity contribution < 1.29 is 19.2 Å². The van der Waals surface area contributed by atoms with Crippen molar-refractivity contribution in [3.63, 3.8) is 0 Å². The molecule has 0 spiro atoms. The summed E-state index contributed by atoms with van der Waals surface area (Å²) in [5.74, 6) is -1.23. The first-order chi connectivity index (χ1) is 6.24. The number of amides is 1. The summed E-state index contributed by atoms with van der Waals surface area (Å²) in [7, 11) is 0. The van der Waals surface area contributed by atoms with Crippen LogP contribution in [0.5, 0.6) is 0 Å². The number of benzene rings is 1. The van der Waals surface area contributed by atoms with Crippen LogP contribution >= 0.6 is 0 Å². The molecule has 0 aromatic heterocycles. The largest absolute Gasteiger partial charge is 0.307 e. The van der Waals surface area contributed by atoms with Gasteiger partial charge in [0.15, 0.2) is 0 Å². The fourth-order valence-electron chi connectivity index (χ4n) is 0.694. The normalized spacial score (nSPS) is 8.15. The molecule has 5 heteroatoms. The van der Waals surface area contributed by atoms with Gasteiger partial charge >= 0.3 is 0 Å². The van der Waals surface area contributed by atoms with Gasteiger partial charge in [0.2, 0.25) is 0 Å². The zero-order chi connectivity index (χ0) is 10.3. The Morgan fingerprint density at radius 1 is 1.46 bits per heavy atom. The molecule has 1 rings (SSSR count). The maximum Gasteiger partial charge on any atom is 0.274 e. The monoisotopic (exact) mass is 185 g/mol. The van der Waals surface area contributed by atoms with Gasteiger partial charge in [-0.1, -0.05) is 6.07 Å². The zero-order valence-electron chi connectivity index (χ0n) is 6.66. The molecule has 0 aliphatic heterocycles. The number of carbonyl (C=O) groups excluding carboxylic acids is 2. The van der Waals surface area contributed by atoms with Gasteiger partial charge in [-0.3, -0.25) is 10.0 Å². The van der Waals surface area contributed by atoms with Crippen LogP contribution in [-0.4, -0.2) is 17.9 Å². The Morgan fingerprint density at radius 3 is 2.54 bits per heavy atom. The Morgan fingerprint density at radius 2 is 2.08 bits per heavy atom. The van der Waals surface area contributed by atoms with Crippen LogP contribution in [-0.2, 0) is 4.79 Å². The summed E-state index contributed by atoms with van der Waals surface area (Å²) in [4.78, 5) is 18.6. The van der Waals surface area contributed by atoms with E-state index in [-0.39, 0.29) is 5.56 Å². The second-order valence-corrected chi connectivity index (χ2v) is 1.95. The van der Waals surface area contributed by atoms with E-state index < -0.39 is 11.7 Å². The molecule has 1 aromatic rings. The zero-order valence-corrected chi connectivity index (χ0v) is 6.66. The first kappa shape index (κ1) is 11.2. The molecule has 0 heterocycles. The van der Waals surface area contributed by atoms with Gasteiger partial charge in [-0.25, -0.2) is 9.87 Å². The molecule has 0 fully saturated rings. The van der Waals surface area contributed by atoms with Gasteiger partial charge < -0.3 is 4.79 Å². The first-order valence-electron chi connectivity index (χ1n) is 3.23. The first-order valence-corrected chi connectivity index (χ1v) is 3.23. The highest BCUT2D eigenvalue weighted by molar-refractivity contribution is 5.93. The van der Waals surface area contributed by atoms with Crippen LogP contribution in [0.4, 0.5) is 4.39 Å². The predicted molar refractivity (Wildman–Crippen MR) is 42.8 cm³/mol. The average Bonchev–Trinajstić information content (AvgIpc) is 2.20. The van der Waals surface area contributed by atoms with Crippen molar-refractivity contribution in [2.45, 2.75) is 0 Å². The lowest BCUT2D eigenvalue weighted by Gasteiger charge is -1.96. The average molecular weight is 185 g/mol. The van der Waals surface area contributed by atoms with E-state index in [4.69, 9.17) is 10.0 Å². The van der Waals surface area contributed by atoms with E-state index in [1.54, 1.807) is 0 Å². The summed E-state index contributed by atoms with van der Waals surface area (Å²) in [6, 6.07) is 5.04. The van der Waals surface area contributed by atoms with Crippen LogP contribution in [0.25, 0.3) is 0 Å². The molecule has 70 valence electrons. The minimum Gasteiger partial charge on any atom is -0.307 e. The molecule has 4 nitrogen and oxygen atoms in total. The van der Waals surface area contributed by atoms with Crippen LogP contribution in [0.3, 0.4) is 0 Å². The van der Waals surface area contributed by atoms with Gasteiger partial charge in [0.05, 0.1) is 0 Å². The highest BCUT2D eigenvalue weighted by Crippen LogP contribution is 2.02. The van der Waals surface area contributed by atoms with E-state index >= 15 is 0 Å². The lowest BCUT2D eigenvalue weighted by molar-refractivity contribution is -0.0979. The molecular formula is C8H8FNO3. The molecule has 0 bridgehead atoms. The van der Waals surface area contributed by atoms with E-state index in [2.05, 4.69) is 0 Å². The molecule has 0 unspecified atom stereocenters. The molecule has 0 saturated heterocycles. The highest BCUT2D eigenvalue weighted by Gasteiger charge is 2.02. The van der Waals surface area contributed by atoms with E-state index in [9.17, 15) is 9.18 Å². The molecular weight excluding hydrogens is 177 g/mol. The standard InChI is InChI=1S/C7H6FNO2.CH2O/c8-6-3-1-2-5(4-6)7(10)9-11;1-2/h1-4,11H,(H,9,10);1H2. The molecule has 13 heavy (non-hydrogen) atoms. The number of nitrogens with one attached hydrogen (secondary N) is 1. The second-order valence-electron chi connectivity index (χ2n) is 1.95. The summed E-state index contributed by atoms with van der Waals surface area (Å²) in [5, 5.41) is 8.16. The number of halogens is 1. The van der Waals surface area contributed by atoms with Crippen LogP contribution < -0.4 is 5.48 Å². The predicted octanol–water partition coefficient (Wildman–Crippen LogP) is 0.760. The Balaban J connectivity index is 0.000000671. The van der Waals surface area contributed by atoms with Crippen molar-refractivity contribution >= 4 is 12.7 Å². The van der Waals surface area contributed by atoms with E-state index in [0.29, 0.717) is 0 Å². The lowest BCUT2D eigenvalue weighted by atomic mass is 10.2. The maximum absolute atomic E-state index is 12.4. The van der Waals surface area contributed by atoms with Gasteiger partial charge in [-0.2, -0.15) is 0 Å². The topological polar surface area (TPSA) is 66.4 Å². The number of carbonyl (C=O) groups is 2. The van der Waals surface area contributed by atoms with Gasteiger partial charge in [0.1, 0.15) is 12.6 Å². The van der Waals surface area contributed by atoms with Crippen LogP contribution in [0.2, 0.25) is 0 Å². The van der Waals surface area contributed by atoms with Crippen molar-refractivity contribution in [1.29, 1.82) is 0 Å². The van der Waals surface area contributed by atoms with Gasteiger partial charge in [-0.15, -0.1) is 0 Å². The van der Waals surface area contributed by atoms with Gasteiger partial charge in [0, 0.05) is 5.56 Å². The number of hydrogen-bond donors (Lipinski definition) is 2. The quantitative estimate of drug-likeness (QED) is 0.501. The fraction of sp³-hybridized carbons (Fsp3) is 0. The summed E-state index contributed by atoms with van der Waals surface area (Å²) in [6.07, 6.45) is 0. The Hall–Kier alpha value is -1.75. The number of hydroxylamine groups is 1. The Bertz CT molecular complexity index is 290. The van der Waals surface area contributed by atoms with E-state index in [1.165, 1.54) is 23.7 Å². The van der Waals surface area contributed by atoms with Crippen LogP contribution in [0.15, 0.2) is 24.3 Å². The Labute approximate surface area is 74.0 Å². The van der Waals surface area contributed by atoms with Crippen molar-refractivity contribution in [3.8, 4) is 0 Å². The van der Waals surface area contributed by atoms with Crippen molar-refractivity contribution in [2.75, 3.05) is 0 Å². The highest BCUT2D eigenvalue weighted by atomic mass is 19.1. The summed E-state index contributed by atoms with van der Waals surface area (Å²) in [5.41, 5.74) is 1.49.